The first-order chi connectivity index (χ1) is 17.9. The lowest BCUT2D eigenvalue weighted by atomic mass is 10.1. The van der Waals surface area contributed by atoms with E-state index in [9.17, 15) is 19.7 Å². The molecule has 0 amide bonds. The predicted molar refractivity (Wildman–Crippen MR) is 144 cm³/mol. The van der Waals surface area contributed by atoms with E-state index in [0.717, 1.165) is 17.5 Å². The van der Waals surface area contributed by atoms with Crippen LogP contribution in [0.25, 0.3) is 0 Å². The topological polar surface area (TPSA) is 117 Å². The molecule has 0 heterocycles. The summed E-state index contributed by atoms with van der Waals surface area (Å²) < 4.78 is 29.0. The molecule has 37 heavy (non-hydrogen) atoms. The fraction of sp³-hybridized carbons (Fsp3) is 0.357. The molecule has 3 aromatic rings. The van der Waals surface area contributed by atoms with E-state index < -0.39 is 13.5 Å². The number of rotatable bonds is 17. The van der Waals surface area contributed by atoms with Gasteiger partial charge in [-0.15, -0.1) is 0 Å². The van der Waals surface area contributed by atoms with Crippen molar-refractivity contribution >= 4 is 7.37 Å². The molecule has 3 rings (SSSR count). The molecule has 0 saturated carbocycles. The van der Waals surface area contributed by atoms with Crippen molar-refractivity contribution in [2.45, 2.75) is 25.6 Å². The first kappa shape index (κ1) is 28.7. The van der Waals surface area contributed by atoms with Crippen molar-refractivity contribution < 1.29 is 33.9 Å². The van der Waals surface area contributed by atoms with Gasteiger partial charge in [0.05, 0.1) is 6.61 Å². The monoisotopic (exact) mass is 529 g/mol. The molecule has 0 aliphatic rings. The van der Waals surface area contributed by atoms with Crippen molar-refractivity contribution in [1.29, 1.82) is 0 Å². The third-order valence-electron chi connectivity index (χ3n) is 5.51. The summed E-state index contributed by atoms with van der Waals surface area (Å²) in [6.45, 7) is 2.13. The van der Waals surface area contributed by atoms with Gasteiger partial charge in [-0.05, 0) is 66.9 Å². The molecule has 8 nitrogen and oxygen atoms in total. The van der Waals surface area contributed by atoms with Gasteiger partial charge in [0.1, 0.15) is 30.0 Å². The number of nitrogens with one attached hydrogen (secondary N) is 1. The fourth-order valence-electron chi connectivity index (χ4n) is 3.47. The second kappa shape index (κ2) is 15.4. The lowest BCUT2D eigenvalue weighted by Gasteiger charge is -2.14. The van der Waals surface area contributed by atoms with E-state index in [0.29, 0.717) is 44.2 Å². The minimum Gasteiger partial charge on any atom is -0.508 e. The first-order valence-corrected chi connectivity index (χ1v) is 14.4. The summed E-state index contributed by atoms with van der Waals surface area (Å²) in [6.07, 6.45) is 0.517. The van der Waals surface area contributed by atoms with E-state index in [2.05, 4.69) is 5.32 Å². The molecule has 4 N–H and O–H groups in total. The number of ether oxygens (including phenoxy) is 3. The predicted octanol–water partition coefficient (Wildman–Crippen LogP) is 4.18. The van der Waals surface area contributed by atoms with E-state index in [-0.39, 0.29) is 24.9 Å². The number of hydrogen-bond acceptors (Lipinski definition) is 7. The smallest absolute Gasteiger partial charge is 0.236 e. The largest absolute Gasteiger partial charge is 0.508 e. The van der Waals surface area contributed by atoms with Crippen LogP contribution in [0.2, 0.25) is 0 Å². The van der Waals surface area contributed by atoms with Gasteiger partial charge in [0.2, 0.25) is 7.37 Å². The SMILES string of the molecule is O=P(O)(CCCOCc1ccccc1)COc1ccc(CCNC[C@H](O)COc2ccc(O)cc2)cc1. The molecule has 0 aromatic heterocycles. The van der Waals surface area contributed by atoms with Crippen molar-refractivity contribution in [3.05, 3.63) is 90.0 Å². The van der Waals surface area contributed by atoms with Crippen molar-refractivity contribution in [2.24, 2.45) is 0 Å². The molecule has 9 heteroatoms. The Labute approximate surface area is 218 Å². The van der Waals surface area contributed by atoms with E-state index in [1.54, 1.807) is 24.3 Å². The van der Waals surface area contributed by atoms with Crippen molar-refractivity contribution in [3.63, 3.8) is 0 Å². The number of phenols is 1. The summed E-state index contributed by atoms with van der Waals surface area (Å²) in [5.74, 6) is 1.30. The average Bonchev–Trinajstić information content (AvgIpc) is 2.91. The molecular weight excluding hydrogens is 493 g/mol. The maximum Gasteiger partial charge on any atom is 0.236 e. The van der Waals surface area contributed by atoms with Crippen molar-refractivity contribution in [1.82, 2.24) is 5.32 Å². The minimum atomic E-state index is -3.40. The Kier molecular flexibility index (Phi) is 11.9. The number of phenolic OH excluding ortho intramolecular Hbond substituents is 1. The summed E-state index contributed by atoms with van der Waals surface area (Å²) in [4.78, 5) is 10.2. The molecule has 0 aliphatic carbocycles. The molecule has 200 valence electrons. The molecule has 0 aliphatic heterocycles. The Bertz CT molecular complexity index is 1080. The average molecular weight is 530 g/mol. The van der Waals surface area contributed by atoms with Gasteiger partial charge in [0.15, 0.2) is 6.35 Å². The maximum absolute atomic E-state index is 12.4. The van der Waals surface area contributed by atoms with Gasteiger partial charge < -0.3 is 34.6 Å². The van der Waals surface area contributed by atoms with Crippen molar-refractivity contribution in [3.8, 4) is 17.2 Å². The molecule has 0 spiro atoms. The first-order valence-electron chi connectivity index (χ1n) is 12.3. The third-order valence-corrected chi connectivity index (χ3v) is 7.06. The lowest BCUT2D eigenvalue weighted by molar-refractivity contribution is 0.106. The van der Waals surface area contributed by atoms with Gasteiger partial charge in [-0.2, -0.15) is 0 Å². The normalized spacial score (nSPS) is 13.6. The van der Waals surface area contributed by atoms with Crippen LogP contribution in [0.4, 0.5) is 0 Å². The van der Waals surface area contributed by atoms with Crippen LogP contribution in [0.1, 0.15) is 17.5 Å². The van der Waals surface area contributed by atoms with Crippen LogP contribution < -0.4 is 14.8 Å². The van der Waals surface area contributed by atoms with Gasteiger partial charge in [-0.1, -0.05) is 42.5 Å². The fourth-order valence-corrected chi connectivity index (χ4v) is 4.57. The molecule has 0 fully saturated rings. The summed E-state index contributed by atoms with van der Waals surface area (Å²) in [5, 5.41) is 22.5. The lowest BCUT2D eigenvalue weighted by Crippen LogP contribution is -2.32. The van der Waals surface area contributed by atoms with Crippen LogP contribution in [0.15, 0.2) is 78.9 Å². The van der Waals surface area contributed by atoms with Crippen LogP contribution in [0, 0.1) is 0 Å². The van der Waals surface area contributed by atoms with Gasteiger partial charge in [-0.3, -0.25) is 4.57 Å². The highest BCUT2D eigenvalue weighted by atomic mass is 31.2. The Morgan fingerprint density at radius 1 is 0.865 bits per heavy atom. The molecule has 1 unspecified atom stereocenters. The quantitative estimate of drug-likeness (QED) is 0.152. The molecule has 0 radical (unpaired) electrons. The summed E-state index contributed by atoms with van der Waals surface area (Å²) in [5.41, 5.74) is 2.16. The highest BCUT2D eigenvalue weighted by Crippen LogP contribution is 2.41. The van der Waals surface area contributed by atoms with E-state index in [1.165, 1.54) is 12.1 Å². The van der Waals surface area contributed by atoms with Crippen molar-refractivity contribution in [2.75, 3.05) is 38.8 Å². The standard InChI is InChI=1S/C28H36NO7P/c30-25-9-13-27(14-10-25)35-21-26(31)19-29-16-15-23-7-11-28(12-8-23)36-22-37(32,33)18-4-17-34-20-24-5-2-1-3-6-24/h1-3,5-14,26,29-31H,4,15-22H2,(H,32,33)/t26-/m0/s1. The van der Waals surface area contributed by atoms with E-state index >= 15 is 0 Å². The Hall–Kier alpha value is -2.87. The molecule has 0 bridgehead atoms. The number of hydrogen-bond donors (Lipinski definition) is 4. The maximum atomic E-state index is 12.4. The zero-order valence-corrected chi connectivity index (χ0v) is 21.8. The number of aliphatic hydroxyl groups is 1. The summed E-state index contributed by atoms with van der Waals surface area (Å²) in [7, 11) is -3.40. The van der Waals surface area contributed by atoms with E-state index in [4.69, 9.17) is 14.2 Å². The summed E-state index contributed by atoms with van der Waals surface area (Å²) in [6, 6.07) is 23.6. The number of aromatic hydroxyl groups is 1. The molecule has 0 saturated heterocycles. The van der Waals surface area contributed by atoms with Crippen LogP contribution >= 0.6 is 7.37 Å². The zero-order valence-electron chi connectivity index (χ0n) is 20.9. The Morgan fingerprint density at radius 2 is 1.54 bits per heavy atom. The highest BCUT2D eigenvalue weighted by molar-refractivity contribution is 7.57. The second-order valence-corrected chi connectivity index (χ2v) is 11.2. The van der Waals surface area contributed by atoms with Gasteiger partial charge in [0, 0.05) is 19.3 Å². The zero-order chi connectivity index (χ0) is 26.3. The van der Waals surface area contributed by atoms with E-state index in [1.807, 2.05) is 42.5 Å². The van der Waals surface area contributed by atoms with Gasteiger partial charge >= 0.3 is 0 Å². The van der Waals surface area contributed by atoms with Crippen LogP contribution in [-0.2, 0) is 22.3 Å². The molecule has 3 aromatic carbocycles. The van der Waals surface area contributed by atoms with Crippen LogP contribution in [0.5, 0.6) is 17.2 Å². The highest BCUT2D eigenvalue weighted by Gasteiger charge is 2.19. The van der Waals surface area contributed by atoms with Gasteiger partial charge in [0.25, 0.3) is 0 Å². The molecule has 2 atom stereocenters. The Morgan fingerprint density at radius 3 is 2.27 bits per heavy atom. The second-order valence-electron chi connectivity index (χ2n) is 8.79. The number of aliphatic hydroxyl groups excluding tert-OH is 1. The summed E-state index contributed by atoms with van der Waals surface area (Å²) >= 11 is 0. The van der Waals surface area contributed by atoms with Crippen LogP contribution in [0.3, 0.4) is 0 Å². The number of benzene rings is 3. The molecular formula is C28H36NO7P. The Balaban J connectivity index is 1.25. The van der Waals surface area contributed by atoms with Crippen LogP contribution in [-0.4, -0.2) is 60.0 Å². The minimum absolute atomic E-state index is 0.150. The van der Waals surface area contributed by atoms with Gasteiger partial charge in [-0.25, -0.2) is 0 Å². The third kappa shape index (κ3) is 11.8.